The minimum absolute atomic E-state index is 0.102. The first-order valence-electron chi connectivity index (χ1n) is 19.7. The number of carbonyl (C=O) groups is 6. The zero-order valence-electron chi connectivity index (χ0n) is 35.2. The molecule has 13 N–H and O–H groups in total. The van der Waals surface area contributed by atoms with Crippen LogP contribution in [-0.2, 0) is 41.6 Å². The van der Waals surface area contributed by atoms with E-state index in [4.69, 9.17) is 33.4 Å². The molecule has 62 heavy (non-hydrogen) atoms. The number of imide groups is 1. The van der Waals surface area contributed by atoms with Crippen LogP contribution in [0.5, 0.6) is 5.75 Å². The summed E-state index contributed by atoms with van der Waals surface area (Å²) in [6.07, 6.45) is 2.70. The van der Waals surface area contributed by atoms with Crippen LogP contribution < -0.4 is 49.4 Å². The number of methoxy groups -OCH3 is 1. The monoisotopic (exact) mass is 857 g/mol. The van der Waals surface area contributed by atoms with Crippen molar-refractivity contribution < 1.29 is 37.9 Å². The summed E-state index contributed by atoms with van der Waals surface area (Å²) in [7, 11) is 1.51. The number of benzene rings is 3. The summed E-state index contributed by atoms with van der Waals surface area (Å²) in [5.74, 6) is -5.31. The molecule has 0 aliphatic heterocycles. The molecule has 19 heteroatoms. The fraction of sp³-hybridized carbons (Fsp3) is 0.349. The number of hydrogen-bond donors (Lipinski definition) is 8. The minimum atomic E-state index is -1.55. The fourth-order valence-electron chi connectivity index (χ4n) is 6.24. The van der Waals surface area contributed by atoms with Gasteiger partial charge in [-0.05, 0) is 84.3 Å². The number of guanidine groups is 2. The van der Waals surface area contributed by atoms with Gasteiger partial charge in [0.05, 0.1) is 12.8 Å². The van der Waals surface area contributed by atoms with Crippen molar-refractivity contribution in [2.75, 3.05) is 13.7 Å². The highest BCUT2D eigenvalue weighted by molar-refractivity contribution is 6.06. The Bertz CT molecular complexity index is 2100. The Kier molecular flexibility index (Phi) is 19.0. The predicted octanol–water partition coefficient (Wildman–Crippen LogP) is 1.02. The molecule has 332 valence electrons. The number of hydrogen-bond acceptors (Lipinski definition) is 9. The molecule has 3 rings (SSSR count). The van der Waals surface area contributed by atoms with E-state index in [1.165, 1.54) is 37.5 Å². The smallest absolute Gasteiger partial charge is 0.253 e. The second-order valence-electron chi connectivity index (χ2n) is 14.8. The Labute approximate surface area is 359 Å². The highest BCUT2D eigenvalue weighted by atomic mass is 19.1. The summed E-state index contributed by atoms with van der Waals surface area (Å²) < 4.78 is 19.1. The quantitative estimate of drug-likeness (QED) is 0.0305. The molecular weight excluding hydrogens is 802 g/mol. The minimum Gasteiger partial charge on any atom is -0.497 e. The fourth-order valence-corrected chi connectivity index (χ4v) is 6.24. The van der Waals surface area contributed by atoms with E-state index in [0.717, 1.165) is 17.9 Å². The van der Waals surface area contributed by atoms with Crippen molar-refractivity contribution in [3.8, 4) is 5.75 Å². The summed E-state index contributed by atoms with van der Waals surface area (Å²) in [4.78, 5) is 90.7. The number of nitrogens with two attached hydrogens (primary N) is 5. The largest absolute Gasteiger partial charge is 0.497 e. The van der Waals surface area contributed by atoms with Crippen LogP contribution in [0, 0.1) is 11.7 Å². The molecule has 4 atom stereocenters. The van der Waals surface area contributed by atoms with E-state index in [9.17, 15) is 33.2 Å². The van der Waals surface area contributed by atoms with Crippen molar-refractivity contribution in [2.24, 2.45) is 44.6 Å². The lowest BCUT2D eigenvalue weighted by atomic mass is 9.99. The number of nitrogens with one attached hydrogen (secondary N) is 3. The summed E-state index contributed by atoms with van der Waals surface area (Å²) in [5.41, 5.74) is 29.3. The van der Waals surface area contributed by atoms with Crippen LogP contribution in [0.1, 0.15) is 56.7 Å². The maximum atomic E-state index is 14.5. The number of primary amides is 1. The number of carbonyl (C=O) groups excluding carboxylic acids is 6. The molecule has 0 spiro atoms. The van der Waals surface area contributed by atoms with Crippen LogP contribution in [0.2, 0.25) is 0 Å². The van der Waals surface area contributed by atoms with Gasteiger partial charge in [-0.25, -0.2) is 9.38 Å². The molecule has 3 aromatic carbocycles. The van der Waals surface area contributed by atoms with E-state index < -0.39 is 65.4 Å². The molecule has 0 heterocycles. The molecule has 3 aromatic rings. The topological polar surface area (TPSA) is 306 Å². The molecule has 0 aromatic heterocycles. The van der Waals surface area contributed by atoms with Gasteiger partial charge in [-0.2, -0.15) is 0 Å². The highest BCUT2D eigenvalue weighted by Crippen LogP contribution is 2.18. The van der Waals surface area contributed by atoms with Crippen LogP contribution in [0.25, 0.3) is 6.08 Å². The van der Waals surface area contributed by atoms with E-state index in [2.05, 4.69) is 25.9 Å². The molecule has 6 amide bonds. The maximum Gasteiger partial charge on any atom is 0.253 e. The van der Waals surface area contributed by atoms with Gasteiger partial charge in [-0.1, -0.05) is 50.2 Å². The van der Waals surface area contributed by atoms with Crippen LogP contribution in [0.15, 0.2) is 88.9 Å². The van der Waals surface area contributed by atoms with Crippen molar-refractivity contribution in [1.29, 1.82) is 0 Å². The zero-order chi connectivity index (χ0) is 45.9. The third-order valence-electron chi connectivity index (χ3n) is 9.28. The third-order valence-corrected chi connectivity index (χ3v) is 9.28. The molecule has 0 saturated heterocycles. The Morgan fingerprint density at radius 1 is 0.742 bits per heavy atom. The Morgan fingerprint density at radius 3 is 1.85 bits per heavy atom. The van der Waals surface area contributed by atoms with Crippen molar-refractivity contribution in [3.63, 3.8) is 0 Å². The van der Waals surface area contributed by atoms with Gasteiger partial charge in [0.15, 0.2) is 11.9 Å². The molecular formula is C43H56FN11O7. The first kappa shape index (κ1) is 49.1. The lowest BCUT2D eigenvalue weighted by Gasteiger charge is -2.30. The van der Waals surface area contributed by atoms with E-state index in [1.807, 2.05) is 13.8 Å². The maximum absolute atomic E-state index is 14.5. The van der Waals surface area contributed by atoms with Gasteiger partial charge in [-0.3, -0.25) is 38.7 Å². The zero-order valence-corrected chi connectivity index (χ0v) is 35.2. The number of halogens is 1. The molecule has 0 aliphatic carbocycles. The summed E-state index contributed by atoms with van der Waals surface area (Å²) >= 11 is 0. The van der Waals surface area contributed by atoms with Gasteiger partial charge in [-0.15, -0.1) is 0 Å². The Morgan fingerprint density at radius 2 is 1.31 bits per heavy atom. The second-order valence-corrected chi connectivity index (χ2v) is 14.8. The van der Waals surface area contributed by atoms with Gasteiger partial charge in [0, 0.05) is 32.4 Å². The lowest BCUT2D eigenvalue weighted by Crippen LogP contribution is -2.59. The first-order valence-corrected chi connectivity index (χ1v) is 19.7. The van der Waals surface area contributed by atoms with E-state index in [1.54, 1.807) is 48.5 Å². The lowest BCUT2D eigenvalue weighted by molar-refractivity contribution is -0.148. The first-order chi connectivity index (χ1) is 29.4. The second kappa shape index (κ2) is 24.1. The number of aliphatic imine (C=N–C) groups is 2. The average molecular weight is 858 g/mol. The predicted molar refractivity (Wildman–Crippen MR) is 233 cm³/mol. The number of ether oxygens (including phenoxy) is 1. The summed E-state index contributed by atoms with van der Waals surface area (Å²) in [6, 6.07) is 13.0. The SMILES string of the molecule is COc1ccc(/C=C/C(=O)N(C(C)=O)[C@@H](Cc2ccc(F)cc2)C(=O)N[C@@H](Cc2ccc(N=C(N)N)cc2)C(=O)N[C@@H](CC(C)C)C(=O)N[C@@H](CCCN=C(N)N)C(N)=O)cc1. The molecule has 0 bridgehead atoms. The summed E-state index contributed by atoms with van der Waals surface area (Å²) in [5, 5.41) is 8.03. The van der Waals surface area contributed by atoms with Gasteiger partial charge in [0.1, 0.15) is 35.7 Å². The third kappa shape index (κ3) is 16.4. The molecule has 18 nitrogen and oxygen atoms in total. The van der Waals surface area contributed by atoms with Crippen LogP contribution in [0.4, 0.5) is 10.1 Å². The van der Waals surface area contributed by atoms with Crippen molar-refractivity contribution in [3.05, 3.63) is 101 Å². The van der Waals surface area contributed by atoms with Gasteiger partial charge < -0.3 is 49.4 Å². The Balaban J connectivity index is 2.03. The number of nitrogens with zero attached hydrogens (tertiary/aromatic N) is 3. The van der Waals surface area contributed by atoms with E-state index in [0.29, 0.717) is 34.5 Å². The molecule has 0 aliphatic rings. The van der Waals surface area contributed by atoms with Crippen molar-refractivity contribution in [1.82, 2.24) is 20.9 Å². The van der Waals surface area contributed by atoms with Crippen LogP contribution in [-0.4, -0.2) is 90.1 Å². The van der Waals surface area contributed by atoms with E-state index >= 15 is 0 Å². The molecule has 0 unspecified atom stereocenters. The highest BCUT2D eigenvalue weighted by Gasteiger charge is 2.36. The summed E-state index contributed by atoms with van der Waals surface area (Å²) in [6.45, 7) is 4.93. The standard InChI is InChI=1S/C43H56FN11O7/c1-25(2)22-34(39(59)52-33(38(45)58)6-5-21-50-42(46)47)53-40(60)35(23-28-9-16-31(17-10-28)51-43(48)49)54-41(61)36(24-29-7-14-30(44)15-8-29)55(26(3)56)37(57)20-13-27-11-18-32(62-4)19-12-27/h7-20,25,33-36H,5-6,21-24H2,1-4H3,(H2,45,58)(H,52,59)(H,53,60)(H,54,61)(H4,46,47,50)(H4,48,49,51)/b20-13+/t33-,34-,35-,36-/m0/s1. The van der Waals surface area contributed by atoms with Gasteiger partial charge in [0.25, 0.3) is 5.91 Å². The molecule has 0 radical (unpaired) electrons. The molecule has 0 fully saturated rings. The normalized spacial score (nSPS) is 12.9. The average Bonchev–Trinajstić information content (AvgIpc) is 3.21. The van der Waals surface area contributed by atoms with Crippen molar-refractivity contribution in [2.45, 2.75) is 77.0 Å². The van der Waals surface area contributed by atoms with Crippen LogP contribution in [0.3, 0.4) is 0 Å². The molecule has 0 saturated carbocycles. The number of amides is 6. The van der Waals surface area contributed by atoms with Gasteiger partial charge >= 0.3 is 0 Å². The van der Waals surface area contributed by atoms with Gasteiger partial charge in [0.2, 0.25) is 29.5 Å². The van der Waals surface area contributed by atoms with Crippen molar-refractivity contribution >= 4 is 59.1 Å². The van der Waals surface area contributed by atoms with E-state index in [-0.39, 0.29) is 50.1 Å². The number of rotatable bonds is 22. The Hall–Kier alpha value is -7.31. The van der Waals surface area contributed by atoms with Crippen LogP contribution >= 0.6 is 0 Å².